The van der Waals surface area contributed by atoms with E-state index in [0.29, 0.717) is 12.5 Å². The van der Waals surface area contributed by atoms with E-state index in [1.54, 1.807) is 11.3 Å². The van der Waals surface area contributed by atoms with Gasteiger partial charge in [0.25, 0.3) is 0 Å². The molecule has 5 heteroatoms. The number of nitrogens with zero attached hydrogens (tertiary/aromatic N) is 2. The SMILES string of the molecule is CCOC(C)c1nc(CN(C)CC(O)C2CC2)cs1. The minimum absolute atomic E-state index is 0.0751. The van der Waals surface area contributed by atoms with E-state index in [1.807, 2.05) is 20.9 Å². The summed E-state index contributed by atoms with van der Waals surface area (Å²) in [5.74, 6) is 0.534. The lowest BCUT2D eigenvalue weighted by Crippen LogP contribution is -2.30. The zero-order valence-corrected chi connectivity index (χ0v) is 12.8. The van der Waals surface area contributed by atoms with Crippen molar-refractivity contribution in [1.29, 1.82) is 0 Å². The monoisotopic (exact) mass is 284 g/mol. The average Bonchev–Trinajstić information content (AvgIpc) is 3.10. The van der Waals surface area contributed by atoms with Gasteiger partial charge in [-0.05, 0) is 39.7 Å². The molecular formula is C14H24N2O2S. The Morgan fingerprint density at radius 2 is 2.32 bits per heavy atom. The summed E-state index contributed by atoms with van der Waals surface area (Å²) in [5.41, 5.74) is 1.07. The smallest absolute Gasteiger partial charge is 0.122 e. The Morgan fingerprint density at radius 3 is 2.95 bits per heavy atom. The first kappa shape index (κ1) is 14.9. The largest absolute Gasteiger partial charge is 0.392 e. The second-order valence-corrected chi connectivity index (χ2v) is 6.27. The molecular weight excluding hydrogens is 260 g/mol. The Labute approximate surface area is 119 Å². The summed E-state index contributed by atoms with van der Waals surface area (Å²) in [5, 5.41) is 13.0. The lowest BCUT2D eigenvalue weighted by Gasteiger charge is -2.19. The zero-order chi connectivity index (χ0) is 13.8. The molecule has 0 spiro atoms. The van der Waals surface area contributed by atoms with Gasteiger partial charge in [0.1, 0.15) is 11.1 Å². The van der Waals surface area contributed by atoms with E-state index in [4.69, 9.17) is 4.74 Å². The molecule has 4 nitrogen and oxygen atoms in total. The maximum Gasteiger partial charge on any atom is 0.122 e. The number of thiazole rings is 1. The first-order valence-electron chi connectivity index (χ1n) is 7.02. The van der Waals surface area contributed by atoms with Gasteiger partial charge in [0.05, 0.1) is 11.8 Å². The van der Waals surface area contributed by atoms with Crippen LogP contribution in [0.15, 0.2) is 5.38 Å². The van der Waals surface area contributed by atoms with Gasteiger partial charge in [-0.3, -0.25) is 4.90 Å². The maximum absolute atomic E-state index is 9.92. The molecule has 1 heterocycles. The third kappa shape index (κ3) is 4.53. The van der Waals surface area contributed by atoms with Gasteiger partial charge >= 0.3 is 0 Å². The minimum atomic E-state index is -0.176. The molecule has 2 rings (SSSR count). The summed E-state index contributed by atoms with van der Waals surface area (Å²) < 4.78 is 5.54. The molecule has 19 heavy (non-hydrogen) atoms. The molecule has 0 aliphatic heterocycles. The molecule has 2 unspecified atom stereocenters. The fourth-order valence-corrected chi connectivity index (χ4v) is 3.01. The Kier molecular flexibility index (Phi) is 5.33. The summed E-state index contributed by atoms with van der Waals surface area (Å²) in [6, 6.07) is 0. The van der Waals surface area contributed by atoms with Crippen molar-refractivity contribution in [3.05, 3.63) is 16.1 Å². The van der Waals surface area contributed by atoms with Crippen LogP contribution in [0.2, 0.25) is 0 Å². The summed E-state index contributed by atoms with van der Waals surface area (Å²) in [7, 11) is 2.04. The highest BCUT2D eigenvalue weighted by molar-refractivity contribution is 7.09. The van der Waals surface area contributed by atoms with Crippen LogP contribution in [0.1, 0.15) is 43.5 Å². The number of hydrogen-bond donors (Lipinski definition) is 1. The van der Waals surface area contributed by atoms with Crippen LogP contribution < -0.4 is 0 Å². The van der Waals surface area contributed by atoms with Crippen molar-refractivity contribution in [2.45, 2.75) is 45.4 Å². The van der Waals surface area contributed by atoms with Gasteiger partial charge in [-0.15, -0.1) is 11.3 Å². The Balaban J connectivity index is 1.81. The first-order valence-corrected chi connectivity index (χ1v) is 7.90. The Morgan fingerprint density at radius 1 is 1.58 bits per heavy atom. The molecule has 1 aliphatic rings. The molecule has 0 saturated heterocycles. The standard InChI is InChI=1S/C14H24N2O2S/c1-4-18-10(2)14-15-12(9-19-14)7-16(3)8-13(17)11-5-6-11/h9-11,13,17H,4-8H2,1-3H3. The van der Waals surface area contributed by atoms with E-state index in [0.717, 1.165) is 23.8 Å². The number of aromatic nitrogens is 1. The highest BCUT2D eigenvalue weighted by Crippen LogP contribution is 2.32. The number of likely N-dealkylation sites (N-methyl/N-ethyl adjacent to an activating group) is 1. The summed E-state index contributed by atoms with van der Waals surface area (Å²) in [6.45, 7) is 6.27. The molecule has 1 aromatic heterocycles. The van der Waals surface area contributed by atoms with E-state index in [9.17, 15) is 5.11 Å². The molecule has 0 bridgehead atoms. The minimum Gasteiger partial charge on any atom is -0.392 e. The molecule has 0 radical (unpaired) electrons. The molecule has 1 aliphatic carbocycles. The van der Waals surface area contributed by atoms with E-state index < -0.39 is 0 Å². The van der Waals surface area contributed by atoms with Crippen LogP contribution in [0, 0.1) is 5.92 Å². The van der Waals surface area contributed by atoms with Gasteiger partial charge in [0.2, 0.25) is 0 Å². The molecule has 0 amide bonds. The molecule has 1 saturated carbocycles. The van der Waals surface area contributed by atoms with Gasteiger partial charge in [0, 0.05) is 25.1 Å². The summed E-state index contributed by atoms with van der Waals surface area (Å²) in [6.07, 6.45) is 2.26. The fraction of sp³-hybridized carbons (Fsp3) is 0.786. The number of aliphatic hydroxyl groups is 1. The van der Waals surface area contributed by atoms with Crippen LogP contribution >= 0.6 is 11.3 Å². The average molecular weight is 284 g/mol. The molecule has 0 aromatic carbocycles. The van der Waals surface area contributed by atoms with Crippen molar-refractivity contribution >= 4 is 11.3 Å². The highest BCUT2D eigenvalue weighted by atomic mass is 32.1. The lowest BCUT2D eigenvalue weighted by atomic mass is 10.2. The quantitative estimate of drug-likeness (QED) is 0.796. The van der Waals surface area contributed by atoms with Crippen molar-refractivity contribution in [3.63, 3.8) is 0 Å². The van der Waals surface area contributed by atoms with Gasteiger partial charge in [-0.1, -0.05) is 0 Å². The van der Waals surface area contributed by atoms with E-state index in [-0.39, 0.29) is 12.2 Å². The normalized spacial score (nSPS) is 18.8. The van der Waals surface area contributed by atoms with Crippen molar-refractivity contribution in [3.8, 4) is 0 Å². The lowest BCUT2D eigenvalue weighted by molar-refractivity contribution is 0.0758. The Bertz CT molecular complexity index is 393. The van der Waals surface area contributed by atoms with Crippen molar-refractivity contribution in [2.24, 2.45) is 5.92 Å². The fourth-order valence-electron chi connectivity index (χ4n) is 2.19. The van der Waals surface area contributed by atoms with E-state index in [2.05, 4.69) is 15.3 Å². The molecule has 108 valence electrons. The van der Waals surface area contributed by atoms with Crippen LogP contribution in [0.3, 0.4) is 0 Å². The zero-order valence-electron chi connectivity index (χ0n) is 12.0. The van der Waals surface area contributed by atoms with Crippen molar-refractivity contribution < 1.29 is 9.84 Å². The molecule has 1 fully saturated rings. The van der Waals surface area contributed by atoms with E-state index in [1.165, 1.54) is 12.8 Å². The summed E-state index contributed by atoms with van der Waals surface area (Å²) >= 11 is 1.65. The molecule has 2 atom stereocenters. The first-order chi connectivity index (χ1) is 9.10. The number of ether oxygens (including phenoxy) is 1. The highest BCUT2D eigenvalue weighted by Gasteiger charge is 2.30. The van der Waals surface area contributed by atoms with Crippen molar-refractivity contribution in [1.82, 2.24) is 9.88 Å². The van der Waals surface area contributed by atoms with E-state index >= 15 is 0 Å². The maximum atomic E-state index is 9.92. The topological polar surface area (TPSA) is 45.6 Å². The third-order valence-corrected chi connectivity index (χ3v) is 4.49. The number of rotatable bonds is 8. The van der Waals surface area contributed by atoms with Crippen LogP contribution in [-0.4, -0.2) is 41.3 Å². The molecule has 1 aromatic rings. The van der Waals surface area contributed by atoms with Crippen LogP contribution in [0.4, 0.5) is 0 Å². The second-order valence-electron chi connectivity index (χ2n) is 5.38. The predicted octanol–water partition coefficient (Wildman–Crippen LogP) is 2.44. The Hall–Kier alpha value is -0.490. The van der Waals surface area contributed by atoms with Gasteiger partial charge in [-0.2, -0.15) is 0 Å². The van der Waals surface area contributed by atoms with Gasteiger partial charge < -0.3 is 9.84 Å². The molecule has 1 N–H and O–H groups in total. The van der Waals surface area contributed by atoms with Gasteiger partial charge in [-0.25, -0.2) is 4.98 Å². The second kappa shape index (κ2) is 6.79. The van der Waals surface area contributed by atoms with Crippen LogP contribution in [-0.2, 0) is 11.3 Å². The number of hydrogen-bond acceptors (Lipinski definition) is 5. The van der Waals surface area contributed by atoms with Crippen molar-refractivity contribution in [2.75, 3.05) is 20.2 Å². The number of aliphatic hydroxyl groups excluding tert-OH is 1. The third-order valence-electron chi connectivity index (χ3n) is 3.43. The van der Waals surface area contributed by atoms with Crippen LogP contribution in [0.5, 0.6) is 0 Å². The predicted molar refractivity (Wildman–Crippen MR) is 77.2 cm³/mol. The summed E-state index contributed by atoms with van der Waals surface area (Å²) in [4.78, 5) is 6.75. The van der Waals surface area contributed by atoms with Gasteiger partial charge in [0.15, 0.2) is 0 Å². The van der Waals surface area contributed by atoms with Crippen LogP contribution in [0.25, 0.3) is 0 Å².